The Labute approximate surface area is 104 Å². The molecule has 2 saturated heterocycles. The predicted molar refractivity (Wildman–Crippen MR) is 64.5 cm³/mol. The van der Waals surface area contributed by atoms with E-state index in [-0.39, 0.29) is 23.4 Å². The number of likely N-dealkylation sites (tertiary alicyclic amines) is 1. The fraction of sp³-hybridized carbons (Fsp3) is 0.500. The van der Waals surface area contributed by atoms with Gasteiger partial charge in [-0.15, -0.1) is 0 Å². The second-order valence-electron chi connectivity index (χ2n) is 4.89. The van der Waals surface area contributed by atoms with Crippen LogP contribution < -0.4 is 10.9 Å². The lowest BCUT2D eigenvalue weighted by atomic mass is 10.0. The van der Waals surface area contributed by atoms with Crippen molar-refractivity contribution in [3.63, 3.8) is 0 Å². The number of amides is 1. The lowest BCUT2D eigenvalue weighted by Gasteiger charge is -2.23. The number of carbonyl (C=O) groups excluding carboxylic acids is 1. The molecule has 2 atom stereocenters. The van der Waals surface area contributed by atoms with E-state index in [9.17, 15) is 14.7 Å². The molecule has 1 aromatic rings. The van der Waals surface area contributed by atoms with Crippen LogP contribution in [0.15, 0.2) is 16.9 Å². The van der Waals surface area contributed by atoms with E-state index in [0.29, 0.717) is 5.92 Å². The fourth-order valence-electron chi connectivity index (χ4n) is 2.92. The van der Waals surface area contributed by atoms with Crippen LogP contribution in [0.4, 0.5) is 0 Å². The molecule has 18 heavy (non-hydrogen) atoms. The summed E-state index contributed by atoms with van der Waals surface area (Å²) in [4.78, 5) is 27.6. The van der Waals surface area contributed by atoms with Gasteiger partial charge in [-0.05, 0) is 12.3 Å². The zero-order valence-electron chi connectivity index (χ0n) is 9.85. The van der Waals surface area contributed by atoms with E-state index in [1.165, 1.54) is 12.1 Å². The van der Waals surface area contributed by atoms with Gasteiger partial charge in [0.1, 0.15) is 0 Å². The Bertz CT molecular complexity index is 540. The summed E-state index contributed by atoms with van der Waals surface area (Å²) in [7, 11) is 0. The number of aromatic amines is 1. The Kier molecular flexibility index (Phi) is 2.59. The third-order valence-corrected chi connectivity index (χ3v) is 3.78. The molecule has 3 N–H and O–H groups in total. The number of pyridine rings is 1. The maximum absolute atomic E-state index is 12.3. The molecule has 96 valence electrons. The standard InChI is InChI=1S/C12H15N3O3/c16-10-3-8(4-11(17)14-10)12(18)15-2-1-7-5-13-6-9(7)15/h3-4,7,9,13H,1-2,5-6H2,(H2,14,16,17)/t7-,9+/m0/s1. The SMILES string of the molecule is O=C(c1cc(O)[nH]c(=O)c1)N1CC[C@H]2CNC[C@H]21. The van der Waals surface area contributed by atoms with E-state index in [0.717, 1.165) is 26.1 Å². The largest absolute Gasteiger partial charge is 0.494 e. The summed E-state index contributed by atoms with van der Waals surface area (Å²) in [5, 5.41) is 12.6. The maximum atomic E-state index is 12.3. The molecule has 2 aliphatic heterocycles. The van der Waals surface area contributed by atoms with Gasteiger partial charge in [-0.3, -0.25) is 14.6 Å². The van der Waals surface area contributed by atoms with Gasteiger partial charge in [0, 0.05) is 37.8 Å². The highest BCUT2D eigenvalue weighted by atomic mass is 16.3. The monoisotopic (exact) mass is 249 g/mol. The van der Waals surface area contributed by atoms with Crippen molar-refractivity contribution in [1.29, 1.82) is 0 Å². The Hall–Kier alpha value is -1.82. The average Bonchev–Trinajstić information content (AvgIpc) is 2.88. The molecule has 0 radical (unpaired) electrons. The summed E-state index contributed by atoms with van der Waals surface area (Å²) in [5.74, 6) is 0.0725. The Morgan fingerprint density at radius 1 is 1.39 bits per heavy atom. The highest BCUT2D eigenvalue weighted by molar-refractivity contribution is 5.94. The minimum absolute atomic E-state index is 0.174. The zero-order chi connectivity index (χ0) is 12.7. The number of nitrogens with zero attached hydrogens (tertiary/aromatic N) is 1. The maximum Gasteiger partial charge on any atom is 0.254 e. The van der Waals surface area contributed by atoms with Gasteiger partial charge in [0.05, 0.1) is 5.56 Å². The number of nitrogens with one attached hydrogen (secondary N) is 2. The summed E-state index contributed by atoms with van der Waals surface area (Å²) in [6.45, 7) is 2.49. The number of hydrogen-bond acceptors (Lipinski definition) is 4. The highest BCUT2D eigenvalue weighted by Gasteiger charge is 2.40. The molecule has 0 saturated carbocycles. The van der Waals surface area contributed by atoms with Crippen molar-refractivity contribution in [2.24, 2.45) is 5.92 Å². The molecule has 0 bridgehead atoms. The number of aromatic nitrogens is 1. The molecule has 6 nitrogen and oxygen atoms in total. The van der Waals surface area contributed by atoms with E-state index in [4.69, 9.17) is 0 Å². The summed E-state index contributed by atoms with van der Waals surface area (Å²) in [5.41, 5.74) is -0.206. The van der Waals surface area contributed by atoms with Gasteiger partial charge in [-0.2, -0.15) is 0 Å². The second kappa shape index (κ2) is 4.13. The van der Waals surface area contributed by atoms with Crippen LogP contribution in [-0.2, 0) is 0 Å². The smallest absolute Gasteiger partial charge is 0.254 e. The van der Waals surface area contributed by atoms with E-state index < -0.39 is 5.56 Å². The molecule has 1 amide bonds. The molecule has 0 unspecified atom stereocenters. The van der Waals surface area contributed by atoms with Gasteiger partial charge in [-0.25, -0.2) is 0 Å². The van der Waals surface area contributed by atoms with Crippen LogP contribution in [0.1, 0.15) is 16.8 Å². The lowest BCUT2D eigenvalue weighted by molar-refractivity contribution is 0.0736. The Balaban J connectivity index is 1.88. The van der Waals surface area contributed by atoms with Crippen LogP contribution >= 0.6 is 0 Å². The molecule has 6 heteroatoms. The minimum Gasteiger partial charge on any atom is -0.494 e. The van der Waals surface area contributed by atoms with Crippen molar-refractivity contribution in [3.05, 3.63) is 28.0 Å². The van der Waals surface area contributed by atoms with Crippen LogP contribution in [0.25, 0.3) is 0 Å². The first-order valence-electron chi connectivity index (χ1n) is 6.10. The molecular weight excluding hydrogens is 234 g/mol. The molecule has 2 aliphatic rings. The highest BCUT2D eigenvalue weighted by Crippen LogP contribution is 2.28. The number of fused-ring (bicyclic) bond motifs is 1. The van der Waals surface area contributed by atoms with Crippen LogP contribution in [-0.4, -0.2) is 46.6 Å². The number of rotatable bonds is 1. The molecule has 0 aromatic carbocycles. The first-order valence-corrected chi connectivity index (χ1v) is 6.10. The van der Waals surface area contributed by atoms with Crippen molar-refractivity contribution in [3.8, 4) is 5.88 Å². The first kappa shape index (κ1) is 11.3. The van der Waals surface area contributed by atoms with Gasteiger partial charge in [0.15, 0.2) is 5.88 Å². The van der Waals surface area contributed by atoms with E-state index >= 15 is 0 Å². The van der Waals surface area contributed by atoms with E-state index in [1.54, 1.807) is 4.90 Å². The van der Waals surface area contributed by atoms with Gasteiger partial charge < -0.3 is 15.3 Å². The molecular formula is C12H15N3O3. The Morgan fingerprint density at radius 2 is 2.22 bits per heavy atom. The lowest BCUT2D eigenvalue weighted by Crippen LogP contribution is -2.39. The van der Waals surface area contributed by atoms with Crippen molar-refractivity contribution in [2.45, 2.75) is 12.5 Å². The van der Waals surface area contributed by atoms with Crippen LogP contribution in [0.5, 0.6) is 5.88 Å². The molecule has 0 spiro atoms. The van der Waals surface area contributed by atoms with Crippen molar-refractivity contribution < 1.29 is 9.90 Å². The van der Waals surface area contributed by atoms with Crippen LogP contribution in [0, 0.1) is 5.92 Å². The van der Waals surface area contributed by atoms with Gasteiger partial charge in [-0.1, -0.05) is 0 Å². The van der Waals surface area contributed by atoms with Crippen molar-refractivity contribution in [2.75, 3.05) is 19.6 Å². The van der Waals surface area contributed by atoms with E-state index in [2.05, 4.69) is 10.3 Å². The topological polar surface area (TPSA) is 85.4 Å². The minimum atomic E-state index is -0.460. The fourth-order valence-corrected chi connectivity index (χ4v) is 2.92. The van der Waals surface area contributed by atoms with E-state index in [1.807, 2.05) is 0 Å². The summed E-state index contributed by atoms with van der Waals surface area (Å²) >= 11 is 0. The average molecular weight is 249 g/mol. The third-order valence-electron chi connectivity index (χ3n) is 3.78. The number of hydrogen-bond donors (Lipinski definition) is 3. The number of H-pyrrole nitrogens is 1. The van der Waals surface area contributed by atoms with Crippen molar-refractivity contribution in [1.82, 2.24) is 15.2 Å². The third kappa shape index (κ3) is 1.78. The van der Waals surface area contributed by atoms with Crippen molar-refractivity contribution >= 4 is 5.91 Å². The molecule has 3 rings (SSSR count). The summed E-state index contributed by atoms with van der Waals surface area (Å²) < 4.78 is 0. The molecule has 1 aromatic heterocycles. The zero-order valence-corrected chi connectivity index (χ0v) is 9.85. The molecule has 2 fully saturated rings. The molecule has 0 aliphatic carbocycles. The normalized spacial score (nSPS) is 26.3. The number of carbonyl (C=O) groups is 1. The summed E-state index contributed by atoms with van der Waals surface area (Å²) in [6.07, 6.45) is 0.999. The first-order chi connectivity index (χ1) is 8.65. The quantitative estimate of drug-likeness (QED) is 0.627. The van der Waals surface area contributed by atoms with Crippen LogP contribution in [0.3, 0.4) is 0 Å². The van der Waals surface area contributed by atoms with Gasteiger partial charge in [0.25, 0.3) is 11.5 Å². The second-order valence-corrected chi connectivity index (χ2v) is 4.89. The van der Waals surface area contributed by atoms with Crippen LogP contribution in [0.2, 0.25) is 0 Å². The summed E-state index contributed by atoms with van der Waals surface area (Å²) in [6, 6.07) is 2.76. The Morgan fingerprint density at radius 3 is 3.00 bits per heavy atom. The number of aromatic hydroxyl groups is 1. The van der Waals surface area contributed by atoms with Gasteiger partial charge in [0.2, 0.25) is 0 Å². The molecule has 3 heterocycles. The van der Waals surface area contributed by atoms with Gasteiger partial charge >= 0.3 is 0 Å². The predicted octanol–water partition coefficient (Wildman–Crippen LogP) is -0.486.